The van der Waals surface area contributed by atoms with Gasteiger partial charge in [-0.3, -0.25) is 4.79 Å². The SMILES string of the molecule is O=C(O)Cc1ccc2c(c1)CC(CNS(=O)(=O)/C=C/c1ccccc1)C2. The molecule has 0 bridgehead atoms. The largest absolute Gasteiger partial charge is 0.481 e. The first-order valence-electron chi connectivity index (χ1n) is 8.46. The van der Waals surface area contributed by atoms with Crippen LogP contribution < -0.4 is 4.72 Å². The fourth-order valence-corrected chi connectivity index (χ4v) is 4.11. The molecule has 2 aromatic rings. The fourth-order valence-electron chi connectivity index (χ4n) is 3.21. The van der Waals surface area contributed by atoms with Crippen LogP contribution in [0.1, 0.15) is 22.3 Å². The third-order valence-corrected chi connectivity index (χ3v) is 5.52. The molecule has 0 amide bonds. The van der Waals surface area contributed by atoms with Gasteiger partial charge in [0, 0.05) is 12.0 Å². The standard InChI is InChI=1S/C20H21NO4S/c22-20(23)13-16-6-7-18-11-17(12-19(18)10-16)14-21-26(24,25)9-8-15-4-2-1-3-5-15/h1-10,17,21H,11-14H2,(H,22,23)/b9-8+. The highest BCUT2D eigenvalue weighted by Gasteiger charge is 2.23. The van der Waals surface area contributed by atoms with E-state index >= 15 is 0 Å². The molecule has 2 N–H and O–H groups in total. The van der Waals surface area contributed by atoms with E-state index in [0.29, 0.717) is 6.54 Å². The van der Waals surface area contributed by atoms with Crippen LogP contribution in [0.25, 0.3) is 6.08 Å². The lowest BCUT2D eigenvalue weighted by Crippen LogP contribution is -2.28. The van der Waals surface area contributed by atoms with Gasteiger partial charge in [-0.05, 0) is 47.1 Å². The van der Waals surface area contributed by atoms with Crippen molar-refractivity contribution in [2.45, 2.75) is 19.3 Å². The molecule has 1 unspecified atom stereocenters. The number of rotatable bonds is 7. The van der Waals surface area contributed by atoms with Crippen LogP contribution in [0.5, 0.6) is 0 Å². The quantitative estimate of drug-likeness (QED) is 0.784. The Morgan fingerprint density at radius 2 is 1.85 bits per heavy atom. The highest BCUT2D eigenvalue weighted by Crippen LogP contribution is 2.27. The van der Waals surface area contributed by atoms with Gasteiger partial charge < -0.3 is 5.11 Å². The van der Waals surface area contributed by atoms with E-state index < -0.39 is 16.0 Å². The highest BCUT2D eigenvalue weighted by atomic mass is 32.2. The monoisotopic (exact) mass is 371 g/mol. The second-order valence-corrected chi connectivity index (χ2v) is 8.21. The number of carboxylic acid groups (broad SMARTS) is 1. The maximum Gasteiger partial charge on any atom is 0.307 e. The third kappa shape index (κ3) is 5.03. The number of hydrogen-bond donors (Lipinski definition) is 2. The Labute approximate surface area is 153 Å². The average Bonchev–Trinajstić information content (AvgIpc) is 3.01. The third-order valence-electron chi connectivity index (χ3n) is 4.46. The maximum absolute atomic E-state index is 12.1. The second-order valence-electron chi connectivity index (χ2n) is 6.55. The lowest BCUT2D eigenvalue weighted by atomic mass is 10.0. The van der Waals surface area contributed by atoms with Gasteiger partial charge in [0.05, 0.1) is 6.42 Å². The van der Waals surface area contributed by atoms with Crippen LogP contribution in [0.2, 0.25) is 0 Å². The molecule has 6 heteroatoms. The van der Waals surface area contributed by atoms with Gasteiger partial charge in [-0.15, -0.1) is 0 Å². The van der Waals surface area contributed by atoms with Crippen LogP contribution in [-0.4, -0.2) is 26.0 Å². The zero-order valence-corrected chi connectivity index (χ0v) is 15.1. The van der Waals surface area contributed by atoms with Gasteiger partial charge in [0.15, 0.2) is 0 Å². The molecule has 0 saturated carbocycles. The predicted molar refractivity (Wildman–Crippen MR) is 101 cm³/mol. The first kappa shape index (κ1) is 18.4. The number of carbonyl (C=O) groups is 1. The molecular weight excluding hydrogens is 350 g/mol. The topological polar surface area (TPSA) is 83.5 Å². The molecule has 1 aliphatic carbocycles. The minimum atomic E-state index is -3.49. The molecule has 1 atom stereocenters. The van der Waals surface area contributed by atoms with Gasteiger partial charge in [0.1, 0.15) is 0 Å². The van der Waals surface area contributed by atoms with E-state index in [4.69, 9.17) is 5.11 Å². The number of nitrogens with one attached hydrogen (secondary N) is 1. The van der Waals surface area contributed by atoms with Crippen LogP contribution in [0.4, 0.5) is 0 Å². The molecule has 0 aromatic heterocycles. The summed E-state index contributed by atoms with van der Waals surface area (Å²) < 4.78 is 26.9. The molecule has 0 aliphatic heterocycles. The molecule has 0 spiro atoms. The summed E-state index contributed by atoms with van der Waals surface area (Å²) >= 11 is 0. The van der Waals surface area contributed by atoms with Crippen molar-refractivity contribution >= 4 is 22.1 Å². The van der Waals surface area contributed by atoms with Crippen molar-refractivity contribution in [1.82, 2.24) is 4.72 Å². The maximum atomic E-state index is 12.1. The summed E-state index contributed by atoms with van der Waals surface area (Å²) in [6.45, 7) is 0.365. The van der Waals surface area contributed by atoms with Gasteiger partial charge >= 0.3 is 5.97 Å². The van der Waals surface area contributed by atoms with Crippen molar-refractivity contribution < 1.29 is 18.3 Å². The molecule has 3 rings (SSSR count). The average molecular weight is 371 g/mol. The summed E-state index contributed by atoms with van der Waals surface area (Å²) in [4.78, 5) is 10.8. The lowest BCUT2D eigenvalue weighted by molar-refractivity contribution is -0.136. The smallest absolute Gasteiger partial charge is 0.307 e. The van der Waals surface area contributed by atoms with Crippen LogP contribution in [0.15, 0.2) is 53.9 Å². The van der Waals surface area contributed by atoms with E-state index in [-0.39, 0.29) is 12.3 Å². The molecule has 1 aliphatic rings. The minimum Gasteiger partial charge on any atom is -0.481 e. The Morgan fingerprint density at radius 1 is 1.12 bits per heavy atom. The summed E-state index contributed by atoms with van der Waals surface area (Å²) in [6.07, 6.45) is 3.14. The van der Waals surface area contributed by atoms with Crippen molar-refractivity contribution in [2.75, 3.05) is 6.54 Å². The molecule has 26 heavy (non-hydrogen) atoms. The zero-order valence-electron chi connectivity index (χ0n) is 14.3. The van der Waals surface area contributed by atoms with Gasteiger partial charge in [-0.25, -0.2) is 13.1 Å². The van der Waals surface area contributed by atoms with Crippen LogP contribution >= 0.6 is 0 Å². The Morgan fingerprint density at radius 3 is 2.58 bits per heavy atom. The van der Waals surface area contributed by atoms with Crippen molar-refractivity contribution in [2.24, 2.45) is 5.92 Å². The van der Waals surface area contributed by atoms with Gasteiger partial charge in [-0.2, -0.15) is 0 Å². The van der Waals surface area contributed by atoms with Crippen LogP contribution in [-0.2, 0) is 34.1 Å². The van der Waals surface area contributed by atoms with Crippen LogP contribution in [0.3, 0.4) is 0 Å². The van der Waals surface area contributed by atoms with E-state index in [2.05, 4.69) is 4.72 Å². The predicted octanol–water partition coefficient (Wildman–Crippen LogP) is 2.62. The molecule has 5 nitrogen and oxygen atoms in total. The first-order chi connectivity index (χ1) is 12.4. The van der Waals surface area contributed by atoms with Crippen LogP contribution in [0, 0.1) is 5.92 Å². The highest BCUT2D eigenvalue weighted by molar-refractivity contribution is 7.92. The zero-order chi connectivity index (χ0) is 18.6. The van der Waals surface area contributed by atoms with E-state index in [0.717, 1.165) is 29.5 Å². The Hall–Kier alpha value is -2.44. The van der Waals surface area contributed by atoms with Crippen molar-refractivity contribution in [3.05, 3.63) is 76.2 Å². The number of aliphatic carboxylic acids is 1. The summed E-state index contributed by atoms with van der Waals surface area (Å²) in [6, 6.07) is 15.0. The van der Waals surface area contributed by atoms with E-state index in [9.17, 15) is 13.2 Å². The molecule has 0 radical (unpaired) electrons. The number of sulfonamides is 1. The first-order valence-corrected chi connectivity index (χ1v) is 10.0. The number of hydrogen-bond acceptors (Lipinski definition) is 3. The normalized spacial score (nSPS) is 16.7. The second kappa shape index (κ2) is 7.85. The lowest BCUT2D eigenvalue weighted by Gasteiger charge is -2.09. The Bertz CT molecular complexity index is 920. The Kier molecular flexibility index (Phi) is 5.54. The summed E-state index contributed by atoms with van der Waals surface area (Å²) in [7, 11) is -3.49. The Balaban J connectivity index is 1.57. The van der Waals surface area contributed by atoms with Crippen molar-refractivity contribution in [1.29, 1.82) is 0 Å². The molecule has 0 fully saturated rings. The molecule has 0 saturated heterocycles. The van der Waals surface area contributed by atoms with E-state index in [1.165, 1.54) is 11.0 Å². The molecule has 136 valence electrons. The summed E-state index contributed by atoms with van der Waals surface area (Å²) in [5.74, 6) is -0.664. The van der Waals surface area contributed by atoms with Gasteiger partial charge in [0.2, 0.25) is 10.0 Å². The summed E-state index contributed by atoms with van der Waals surface area (Å²) in [5.41, 5.74) is 3.90. The molecule has 2 aromatic carbocycles. The molecule has 0 heterocycles. The van der Waals surface area contributed by atoms with Gasteiger partial charge in [-0.1, -0.05) is 48.5 Å². The van der Waals surface area contributed by atoms with Crippen molar-refractivity contribution in [3.8, 4) is 0 Å². The number of fused-ring (bicyclic) bond motifs is 1. The number of carboxylic acids is 1. The molecular formula is C20H21NO4S. The minimum absolute atomic E-state index is 0.00879. The summed E-state index contributed by atoms with van der Waals surface area (Å²) in [5, 5.41) is 10.1. The number of benzene rings is 2. The van der Waals surface area contributed by atoms with E-state index in [1.54, 1.807) is 6.08 Å². The van der Waals surface area contributed by atoms with E-state index in [1.807, 2.05) is 48.5 Å². The van der Waals surface area contributed by atoms with Gasteiger partial charge in [0.25, 0.3) is 0 Å². The van der Waals surface area contributed by atoms with Crippen molar-refractivity contribution in [3.63, 3.8) is 0 Å². The fraction of sp³-hybridized carbons (Fsp3) is 0.250.